The summed E-state index contributed by atoms with van der Waals surface area (Å²) >= 11 is 0. The molecule has 1 aromatic rings. The third-order valence-corrected chi connectivity index (χ3v) is 4.53. The lowest BCUT2D eigenvalue weighted by Crippen LogP contribution is -2.40. The van der Waals surface area contributed by atoms with E-state index in [9.17, 15) is 5.11 Å². The van der Waals surface area contributed by atoms with Crippen LogP contribution in [0.2, 0.25) is 0 Å². The number of rotatable bonds is 7. The first kappa shape index (κ1) is 18.7. The molecule has 5 nitrogen and oxygen atoms in total. The minimum Gasteiger partial charge on any atom is -0.391 e. The fourth-order valence-corrected chi connectivity index (χ4v) is 2.98. The van der Waals surface area contributed by atoms with Crippen molar-refractivity contribution in [3.63, 3.8) is 0 Å². The smallest absolute Gasteiger partial charge is 0.194 e. The first-order chi connectivity index (χ1) is 11.7. The molecule has 0 amide bonds. The molecule has 2 N–H and O–H groups in total. The molecule has 0 saturated carbocycles. The standard InChI is InChI=1S/C19H32N4O/c1-4-20-19(23-12-11-18(24)15-23)21-13-16-7-9-17(10-8-16)14-22(5-2)6-3/h7-10,18,24H,4-6,11-15H2,1-3H3,(H,20,21)/t18-/m1/s1. The van der Waals surface area contributed by atoms with Crippen LogP contribution >= 0.6 is 0 Å². The van der Waals surface area contributed by atoms with Crippen LogP contribution in [0.4, 0.5) is 0 Å². The number of hydrogen-bond donors (Lipinski definition) is 2. The van der Waals surface area contributed by atoms with Gasteiger partial charge in [-0.05, 0) is 37.6 Å². The van der Waals surface area contributed by atoms with Crippen molar-refractivity contribution in [2.75, 3.05) is 32.7 Å². The highest BCUT2D eigenvalue weighted by Gasteiger charge is 2.22. The molecule has 2 rings (SSSR count). The molecule has 134 valence electrons. The largest absolute Gasteiger partial charge is 0.391 e. The summed E-state index contributed by atoms with van der Waals surface area (Å²) in [7, 11) is 0. The van der Waals surface area contributed by atoms with Gasteiger partial charge in [0.25, 0.3) is 0 Å². The van der Waals surface area contributed by atoms with Gasteiger partial charge in [-0.1, -0.05) is 38.1 Å². The lowest BCUT2D eigenvalue weighted by Gasteiger charge is -2.21. The Morgan fingerprint density at radius 1 is 1.21 bits per heavy atom. The first-order valence-electron chi connectivity index (χ1n) is 9.17. The van der Waals surface area contributed by atoms with Gasteiger partial charge in [-0.3, -0.25) is 4.90 Å². The van der Waals surface area contributed by atoms with E-state index in [1.807, 2.05) is 0 Å². The van der Waals surface area contributed by atoms with Gasteiger partial charge in [-0.25, -0.2) is 4.99 Å². The molecule has 1 aromatic carbocycles. The maximum absolute atomic E-state index is 9.72. The lowest BCUT2D eigenvalue weighted by molar-refractivity contribution is 0.188. The van der Waals surface area contributed by atoms with Crippen LogP contribution in [0.5, 0.6) is 0 Å². The fourth-order valence-electron chi connectivity index (χ4n) is 2.98. The van der Waals surface area contributed by atoms with Crippen LogP contribution in [0.15, 0.2) is 29.3 Å². The second-order valence-corrected chi connectivity index (χ2v) is 6.34. The van der Waals surface area contributed by atoms with E-state index in [2.05, 4.69) is 60.2 Å². The Kier molecular flexibility index (Phi) is 7.53. The summed E-state index contributed by atoms with van der Waals surface area (Å²) in [4.78, 5) is 9.29. The maximum Gasteiger partial charge on any atom is 0.194 e. The molecule has 1 aliphatic heterocycles. The van der Waals surface area contributed by atoms with Crippen molar-refractivity contribution in [2.24, 2.45) is 4.99 Å². The number of aliphatic hydroxyl groups is 1. The molecule has 1 fully saturated rings. The highest BCUT2D eigenvalue weighted by Crippen LogP contribution is 2.11. The molecule has 1 saturated heterocycles. The highest BCUT2D eigenvalue weighted by molar-refractivity contribution is 5.80. The van der Waals surface area contributed by atoms with E-state index in [-0.39, 0.29) is 6.10 Å². The molecule has 1 atom stereocenters. The summed E-state index contributed by atoms with van der Waals surface area (Å²) < 4.78 is 0. The van der Waals surface area contributed by atoms with Crippen molar-refractivity contribution in [3.8, 4) is 0 Å². The number of aliphatic imine (C=N–C) groups is 1. The van der Waals surface area contributed by atoms with E-state index in [0.717, 1.165) is 45.1 Å². The highest BCUT2D eigenvalue weighted by atomic mass is 16.3. The Hall–Kier alpha value is -1.59. The molecule has 0 aliphatic carbocycles. The minimum atomic E-state index is -0.229. The van der Waals surface area contributed by atoms with E-state index in [1.165, 1.54) is 11.1 Å². The second kappa shape index (κ2) is 9.64. The average Bonchev–Trinajstić information content (AvgIpc) is 3.03. The topological polar surface area (TPSA) is 51.1 Å². The van der Waals surface area contributed by atoms with Crippen LogP contribution < -0.4 is 5.32 Å². The summed E-state index contributed by atoms with van der Waals surface area (Å²) in [6, 6.07) is 8.75. The van der Waals surface area contributed by atoms with E-state index in [0.29, 0.717) is 13.1 Å². The van der Waals surface area contributed by atoms with Crippen molar-refractivity contribution in [1.82, 2.24) is 15.1 Å². The second-order valence-electron chi connectivity index (χ2n) is 6.34. The Balaban J connectivity index is 1.95. The summed E-state index contributed by atoms with van der Waals surface area (Å²) in [6.45, 7) is 12.7. The van der Waals surface area contributed by atoms with Crippen molar-refractivity contribution >= 4 is 5.96 Å². The van der Waals surface area contributed by atoms with Crippen molar-refractivity contribution in [1.29, 1.82) is 0 Å². The van der Waals surface area contributed by atoms with Crippen LogP contribution in [0.3, 0.4) is 0 Å². The molecule has 1 heterocycles. The zero-order valence-corrected chi connectivity index (χ0v) is 15.3. The molecule has 0 radical (unpaired) electrons. The summed E-state index contributed by atoms with van der Waals surface area (Å²) in [5.74, 6) is 0.904. The third-order valence-electron chi connectivity index (χ3n) is 4.53. The fraction of sp³-hybridized carbons (Fsp3) is 0.632. The predicted molar refractivity (Wildman–Crippen MR) is 100 cm³/mol. The van der Waals surface area contributed by atoms with Gasteiger partial charge in [-0.15, -0.1) is 0 Å². The van der Waals surface area contributed by atoms with Gasteiger partial charge in [0.15, 0.2) is 5.96 Å². The molecule has 0 unspecified atom stereocenters. The average molecular weight is 332 g/mol. The number of aliphatic hydroxyl groups excluding tert-OH is 1. The molecule has 24 heavy (non-hydrogen) atoms. The molecular formula is C19H32N4O. The van der Waals surface area contributed by atoms with Crippen molar-refractivity contribution in [2.45, 2.75) is 46.4 Å². The van der Waals surface area contributed by atoms with E-state index < -0.39 is 0 Å². The van der Waals surface area contributed by atoms with Crippen LogP contribution in [0.1, 0.15) is 38.3 Å². The molecule has 5 heteroatoms. The van der Waals surface area contributed by atoms with Gasteiger partial charge in [-0.2, -0.15) is 0 Å². The SMILES string of the molecule is CCNC(=NCc1ccc(CN(CC)CC)cc1)N1CC[C@@H](O)C1. The summed E-state index contributed by atoms with van der Waals surface area (Å²) in [5, 5.41) is 13.0. The van der Waals surface area contributed by atoms with Crippen LogP contribution in [0.25, 0.3) is 0 Å². The molecule has 0 aromatic heterocycles. The maximum atomic E-state index is 9.72. The quantitative estimate of drug-likeness (QED) is 0.593. The number of benzene rings is 1. The summed E-state index contributed by atoms with van der Waals surface area (Å²) in [6.07, 6.45) is 0.595. The number of nitrogens with zero attached hydrogens (tertiary/aromatic N) is 3. The lowest BCUT2D eigenvalue weighted by atomic mass is 10.1. The van der Waals surface area contributed by atoms with Gasteiger partial charge < -0.3 is 15.3 Å². The molecular weight excluding hydrogens is 300 g/mol. The van der Waals surface area contributed by atoms with Gasteiger partial charge >= 0.3 is 0 Å². The molecule has 1 aliphatic rings. The van der Waals surface area contributed by atoms with Crippen LogP contribution in [-0.4, -0.2) is 59.7 Å². The monoisotopic (exact) mass is 332 g/mol. The Morgan fingerprint density at radius 3 is 2.42 bits per heavy atom. The molecule has 0 bridgehead atoms. The third kappa shape index (κ3) is 5.49. The van der Waals surface area contributed by atoms with Gasteiger partial charge in [0.1, 0.15) is 0 Å². The number of likely N-dealkylation sites (tertiary alicyclic amines) is 1. The first-order valence-corrected chi connectivity index (χ1v) is 9.17. The van der Waals surface area contributed by atoms with Crippen molar-refractivity contribution < 1.29 is 5.11 Å². The van der Waals surface area contributed by atoms with E-state index >= 15 is 0 Å². The van der Waals surface area contributed by atoms with Gasteiger partial charge in [0.05, 0.1) is 12.6 Å². The van der Waals surface area contributed by atoms with E-state index in [4.69, 9.17) is 4.99 Å². The zero-order chi connectivity index (χ0) is 17.4. The number of hydrogen-bond acceptors (Lipinski definition) is 3. The predicted octanol–water partition coefficient (Wildman–Crippen LogP) is 2.06. The van der Waals surface area contributed by atoms with Crippen molar-refractivity contribution in [3.05, 3.63) is 35.4 Å². The minimum absolute atomic E-state index is 0.229. The number of guanidine groups is 1. The number of β-amino-alcohol motifs (C(OH)–C–C–N with tert-alkyl or cyclic N) is 1. The Morgan fingerprint density at radius 2 is 1.88 bits per heavy atom. The zero-order valence-electron chi connectivity index (χ0n) is 15.3. The molecule has 0 spiro atoms. The summed E-state index contributed by atoms with van der Waals surface area (Å²) in [5.41, 5.74) is 2.56. The van der Waals surface area contributed by atoms with Gasteiger partial charge in [0, 0.05) is 26.2 Å². The van der Waals surface area contributed by atoms with Gasteiger partial charge in [0.2, 0.25) is 0 Å². The van der Waals surface area contributed by atoms with E-state index in [1.54, 1.807) is 0 Å². The van der Waals surface area contributed by atoms with Crippen LogP contribution in [0, 0.1) is 0 Å². The normalized spacial score (nSPS) is 18.5. The van der Waals surface area contributed by atoms with Crippen LogP contribution in [-0.2, 0) is 13.1 Å². The number of nitrogens with one attached hydrogen (secondary N) is 1. The Bertz CT molecular complexity index is 511. The Labute approximate surface area is 146 Å².